The van der Waals surface area contributed by atoms with Gasteiger partial charge in [-0.25, -0.2) is 8.78 Å². The molecule has 1 aromatic rings. The van der Waals surface area contributed by atoms with Crippen LogP contribution >= 0.6 is 0 Å². The summed E-state index contributed by atoms with van der Waals surface area (Å²) < 4.78 is 26.9. The highest BCUT2D eigenvalue weighted by molar-refractivity contribution is 5.80. The number of amides is 1. The molecule has 0 aromatic heterocycles. The van der Waals surface area contributed by atoms with Gasteiger partial charge in [0.2, 0.25) is 5.91 Å². The van der Waals surface area contributed by atoms with Crippen molar-refractivity contribution < 1.29 is 13.6 Å². The summed E-state index contributed by atoms with van der Waals surface area (Å²) in [4.78, 5) is 12.9. The van der Waals surface area contributed by atoms with Gasteiger partial charge in [0.15, 0.2) is 5.82 Å². The van der Waals surface area contributed by atoms with Crippen molar-refractivity contribution >= 4 is 11.6 Å². The van der Waals surface area contributed by atoms with Gasteiger partial charge in [-0.1, -0.05) is 6.07 Å². The standard InChI is InChI=1S/C12H16F2N2O/c1-4-16(3)10(17)7-15-12-9(13)6-5-8(2)11(12)14/h5-6,15H,4,7H2,1-3H3. The Morgan fingerprint density at radius 3 is 2.65 bits per heavy atom. The van der Waals surface area contributed by atoms with Gasteiger partial charge < -0.3 is 10.2 Å². The molecule has 0 aliphatic rings. The number of nitrogens with zero attached hydrogens (tertiary/aromatic N) is 1. The van der Waals surface area contributed by atoms with E-state index < -0.39 is 11.6 Å². The van der Waals surface area contributed by atoms with Gasteiger partial charge in [0.1, 0.15) is 11.5 Å². The van der Waals surface area contributed by atoms with E-state index >= 15 is 0 Å². The first kappa shape index (κ1) is 13.4. The maximum atomic E-state index is 13.6. The van der Waals surface area contributed by atoms with Gasteiger partial charge in [-0.15, -0.1) is 0 Å². The third-order valence-corrected chi connectivity index (χ3v) is 2.60. The number of benzene rings is 1. The molecule has 0 bridgehead atoms. The van der Waals surface area contributed by atoms with E-state index in [1.807, 2.05) is 6.92 Å². The summed E-state index contributed by atoms with van der Waals surface area (Å²) in [6.45, 7) is 3.80. The Morgan fingerprint density at radius 1 is 1.41 bits per heavy atom. The molecule has 1 rings (SSSR count). The van der Waals surface area contributed by atoms with Crippen molar-refractivity contribution in [1.82, 2.24) is 4.90 Å². The monoisotopic (exact) mass is 242 g/mol. The number of rotatable bonds is 4. The summed E-state index contributed by atoms with van der Waals surface area (Å²) in [5.41, 5.74) is 0.0908. The smallest absolute Gasteiger partial charge is 0.241 e. The Hall–Kier alpha value is -1.65. The van der Waals surface area contributed by atoms with E-state index in [9.17, 15) is 13.6 Å². The maximum Gasteiger partial charge on any atom is 0.241 e. The second-order valence-corrected chi connectivity index (χ2v) is 3.81. The quantitative estimate of drug-likeness (QED) is 0.877. The van der Waals surface area contributed by atoms with Crippen molar-refractivity contribution in [3.8, 4) is 0 Å². The highest BCUT2D eigenvalue weighted by atomic mass is 19.1. The van der Waals surface area contributed by atoms with Gasteiger partial charge >= 0.3 is 0 Å². The largest absolute Gasteiger partial charge is 0.371 e. The first-order chi connectivity index (χ1) is 7.97. The minimum Gasteiger partial charge on any atom is -0.371 e. The van der Waals surface area contributed by atoms with Crippen molar-refractivity contribution in [2.75, 3.05) is 25.5 Å². The molecular formula is C12H16F2N2O. The van der Waals surface area contributed by atoms with E-state index in [2.05, 4.69) is 5.32 Å². The number of carbonyl (C=O) groups is 1. The van der Waals surface area contributed by atoms with Crippen LogP contribution in [-0.4, -0.2) is 30.9 Å². The number of nitrogens with one attached hydrogen (secondary N) is 1. The summed E-state index contributed by atoms with van der Waals surface area (Å²) in [5, 5.41) is 2.50. The van der Waals surface area contributed by atoms with Gasteiger partial charge in [-0.3, -0.25) is 4.79 Å². The van der Waals surface area contributed by atoms with Crippen LogP contribution in [0.1, 0.15) is 12.5 Å². The summed E-state index contributed by atoms with van der Waals surface area (Å²) in [6, 6.07) is 2.53. The number of anilines is 1. The molecule has 0 saturated heterocycles. The van der Waals surface area contributed by atoms with Crippen LogP contribution in [0.5, 0.6) is 0 Å². The van der Waals surface area contributed by atoms with Crippen LogP contribution in [0.2, 0.25) is 0 Å². The SMILES string of the molecule is CCN(C)C(=O)CNc1c(F)ccc(C)c1F. The predicted octanol–water partition coefficient (Wildman–Crippen LogP) is 2.16. The third kappa shape index (κ3) is 3.15. The molecule has 0 atom stereocenters. The Labute approximate surface area is 99.4 Å². The van der Waals surface area contributed by atoms with Gasteiger partial charge in [0, 0.05) is 13.6 Å². The molecule has 5 heteroatoms. The van der Waals surface area contributed by atoms with Gasteiger partial charge in [-0.05, 0) is 25.5 Å². The van der Waals surface area contributed by atoms with Crippen LogP contribution in [0.15, 0.2) is 12.1 Å². The minimum atomic E-state index is -0.694. The molecule has 1 aromatic carbocycles. The molecule has 0 radical (unpaired) electrons. The molecule has 0 heterocycles. The zero-order chi connectivity index (χ0) is 13.0. The molecule has 0 saturated carbocycles. The van der Waals surface area contributed by atoms with E-state index in [1.165, 1.54) is 17.0 Å². The molecule has 94 valence electrons. The van der Waals surface area contributed by atoms with Crippen molar-refractivity contribution in [2.45, 2.75) is 13.8 Å². The predicted molar refractivity (Wildman–Crippen MR) is 62.9 cm³/mol. The summed E-state index contributed by atoms with van der Waals surface area (Å²) in [6.07, 6.45) is 0. The molecular weight excluding hydrogens is 226 g/mol. The van der Waals surface area contributed by atoms with E-state index in [1.54, 1.807) is 14.0 Å². The fraction of sp³-hybridized carbons (Fsp3) is 0.417. The lowest BCUT2D eigenvalue weighted by molar-refractivity contribution is -0.127. The molecule has 0 spiro atoms. The first-order valence-electron chi connectivity index (χ1n) is 5.39. The average molecular weight is 242 g/mol. The lowest BCUT2D eigenvalue weighted by Crippen LogP contribution is -2.32. The highest BCUT2D eigenvalue weighted by Gasteiger charge is 2.13. The molecule has 17 heavy (non-hydrogen) atoms. The molecule has 0 aliphatic heterocycles. The average Bonchev–Trinajstić information content (AvgIpc) is 2.32. The van der Waals surface area contributed by atoms with Crippen molar-refractivity contribution in [3.05, 3.63) is 29.3 Å². The van der Waals surface area contributed by atoms with Crippen molar-refractivity contribution in [3.63, 3.8) is 0 Å². The van der Waals surface area contributed by atoms with Crippen LogP contribution < -0.4 is 5.32 Å². The topological polar surface area (TPSA) is 32.3 Å². The zero-order valence-corrected chi connectivity index (χ0v) is 10.2. The van der Waals surface area contributed by atoms with Crippen molar-refractivity contribution in [1.29, 1.82) is 0 Å². The molecule has 0 unspecified atom stereocenters. The van der Waals surface area contributed by atoms with Crippen LogP contribution in [0.4, 0.5) is 14.5 Å². The van der Waals surface area contributed by atoms with E-state index in [0.29, 0.717) is 12.1 Å². The summed E-state index contributed by atoms with van der Waals surface area (Å²) in [5.74, 6) is -1.56. The normalized spacial score (nSPS) is 10.2. The summed E-state index contributed by atoms with van der Waals surface area (Å²) >= 11 is 0. The van der Waals surface area contributed by atoms with E-state index in [0.717, 1.165) is 0 Å². The Balaban J connectivity index is 2.76. The molecule has 0 aliphatic carbocycles. The number of aryl methyl sites for hydroxylation is 1. The Kier molecular flexibility index (Phi) is 4.43. The lowest BCUT2D eigenvalue weighted by Gasteiger charge is -2.16. The molecule has 0 fully saturated rings. The van der Waals surface area contributed by atoms with Gasteiger partial charge in [-0.2, -0.15) is 0 Å². The molecule has 1 N–H and O–H groups in total. The third-order valence-electron chi connectivity index (χ3n) is 2.60. The fourth-order valence-corrected chi connectivity index (χ4v) is 1.29. The first-order valence-corrected chi connectivity index (χ1v) is 5.39. The zero-order valence-electron chi connectivity index (χ0n) is 10.2. The van der Waals surface area contributed by atoms with Crippen LogP contribution in [0.3, 0.4) is 0 Å². The fourth-order valence-electron chi connectivity index (χ4n) is 1.29. The number of likely N-dealkylation sites (N-methyl/N-ethyl adjacent to an activating group) is 1. The van der Waals surface area contributed by atoms with Crippen molar-refractivity contribution in [2.24, 2.45) is 0 Å². The number of hydrogen-bond acceptors (Lipinski definition) is 2. The Morgan fingerprint density at radius 2 is 2.06 bits per heavy atom. The van der Waals surface area contributed by atoms with Gasteiger partial charge in [0.05, 0.1) is 6.54 Å². The number of carbonyl (C=O) groups excluding carboxylic acids is 1. The van der Waals surface area contributed by atoms with Crippen LogP contribution in [-0.2, 0) is 4.79 Å². The van der Waals surface area contributed by atoms with E-state index in [-0.39, 0.29) is 18.1 Å². The highest BCUT2D eigenvalue weighted by Crippen LogP contribution is 2.21. The summed E-state index contributed by atoms with van der Waals surface area (Å²) in [7, 11) is 1.63. The minimum absolute atomic E-state index is 0.123. The molecule has 1 amide bonds. The lowest BCUT2D eigenvalue weighted by atomic mass is 10.2. The van der Waals surface area contributed by atoms with Crippen LogP contribution in [0, 0.1) is 18.6 Å². The molecule has 3 nitrogen and oxygen atoms in total. The van der Waals surface area contributed by atoms with Crippen LogP contribution in [0.25, 0.3) is 0 Å². The second kappa shape index (κ2) is 5.61. The van der Waals surface area contributed by atoms with E-state index in [4.69, 9.17) is 0 Å². The number of halogens is 2. The number of hydrogen-bond donors (Lipinski definition) is 1. The van der Waals surface area contributed by atoms with Gasteiger partial charge in [0.25, 0.3) is 0 Å². The second-order valence-electron chi connectivity index (χ2n) is 3.81. The Bertz CT molecular complexity index is 421. The maximum absolute atomic E-state index is 13.6.